The Balaban J connectivity index is 1.82. The molecule has 2 rings (SSSR count). The molecule has 0 unspecified atom stereocenters. The van der Waals surface area contributed by atoms with Crippen molar-refractivity contribution in [3.8, 4) is 6.07 Å². The second kappa shape index (κ2) is 6.73. The van der Waals surface area contributed by atoms with Crippen molar-refractivity contribution in [2.75, 3.05) is 19.6 Å². The number of guanidine groups is 1. The highest BCUT2D eigenvalue weighted by atomic mass is 15.3. The van der Waals surface area contributed by atoms with Gasteiger partial charge in [-0.2, -0.15) is 5.26 Å². The van der Waals surface area contributed by atoms with Gasteiger partial charge in [0.25, 0.3) is 5.82 Å². The summed E-state index contributed by atoms with van der Waals surface area (Å²) in [7, 11) is 0. The molecule has 1 aromatic heterocycles. The first-order valence-electron chi connectivity index (χ1n) is 6.64. The lowest BCUT2D eigenvalue weighted by Gasteiger charge is -2.21. The van der Waals surface area contributed by atoms with Crippen molar-refractivity contribution in [1.82, 2.24) is 19.7 Å². The van der Waals surface area contributed by atoms with Gasteiger partial charge in [0, 0.05) is 13.1 Å². The molecule has 0 aromatic carbocycles. The molecular weight excluding hydrogens is 242 g/mol. The van der Waals surface area contributed by atoms with Crippen LogP contribution in [0, 0.1) is 11.3 Å². The average molecular weight is 261 g/mol. The summed E-state index contributed by atoms with van der Waals surface area (Å²) in [6, 6.07) is 1.89. The van der Waals surface area contributed by atoms with E-state index in [2.05, 4.69) is 20.0 Å². The third-order valence-electron chi connectivity index (χ3n) is 3.17. The van der Waals surface area contributed by atoms with Crippen molar-refractivity contribution in [2.24, 2.45) is 10.7 Å². The van der Waals surface area contributed by atoms with Crippen LogP contribution in [0.5, 0.6) is 0 Å². The minimum atomic E-state index is 0.185. The minimum Gasteiger partial charge on any atom is -0.370 e. The van der Waals surface area contributed by atoms with Crippen molar-refractivity contribution >= 4 is 5.96 Å². The molecule has 7 nitrogen and oxygen atoms in total. The first-order valence-corrected chi connectivity index (χ1v) is 6.64. The molecule has 19 heavy (non-hydrogen) atoms. The maximum atomic E-state index is 8.62. The van der Waals surface area contributed by atoms with E-state index < -0.39 is 0 Å². The van der Waals surface area contributed by atoms with Crippen LogP contribution in [0.15, 0.2) is 11.3 Å². The fourth-order valence-corrected chi connectivity index (χ4v) is 2.12. The molecule has 1 aromatic rings. The fraction of sp³-hybridized carbons (Fsp3) is 0.667. The zero-order chi connectivity index (χ0) is 13.5. The van der Waals surface area contributed by atoms with Crippen LogP contribution >= 0.6 is 0 Å². The molecule has 1 aliphatic heterocycles. The zero-order valence-electron chi connectivity index (χ0n) is 11.0. The van der Waals surface area contributed by atoms with Crippen LogP contribution in [0.3, 0.4) is 0 Å². The molecule has 1 saturated heterocycles. The van der Waals surface area contributed by atoms with Gasteiger partial charge in [-0.1, -0.05) is 12.8 Å². The maximum absolute atomic E-state index is 8.62. The average Bonchev–Trinajstić information content (AvgIpc) is 2.71. The largest absolute Gasteiger partial charge is 0.370 e. The number of hydrogen-bond acceptors (Lipinski definition) is 4. The topological polar surface area (TPSA) is 96.1 Å². The van der Waals surface area contributed by atoms with Gasteiger partial charge in [-0.25, -0.2) is 9.67 Å². The molecule has 0 radical (unpaired) electrons. The number of rotatable bonds is 3. The molecule has 0 atom stereocenters. The minimum absolute atomic E-state index is 0.185. The Morgan fingerprint density at radius 1 is 1.37 bits per heavy atom. The van der Waals surface area contributed by atoms with Crippen LogP contribution in [-0.4, -0.2) is 45.3 Å². The Labute approximate surface area is 112 Å². The number of hydrogen-bond donors (Lipinski definition) is 1. The zero-order valence-corrected chi connectivity index (χ0v) is 11.0. The van der Waals surface area contributed by atoms with Gasteiger partial charge in [-0.3, -0.25) is 4.99 Å². The van der Waals surface area contributed by atoms with Gasteiger partial charge in [0.15, 0.2) is 5.96 Å². The van der Waals surface area contributed by atoms with Crippen molar-refractivity contribution in [3.05, 3.63) is 12.2 Å². The molecule has 102 valence electrons. The normalized spacial score (nSPS) is 17.0. The third kappa shape index (κ3) is 3.95. The first kappa shape index (κ1) is 13.3. The van der Waals surface area contributed by atoms with E-state index in [-0.39, 0.29) is 5.82 Å². The van der Waals surface area contributed by atoms with Gasteiger partial charge in [0.1, 0.15) is 12.4 Å². The summed E-state index contributed by atoms with van der Waals surface area (Å²) >= 11 is 0. The van der Waals surface area contributed by atoms with Crippen LogP contribution in [0.25, 0.3) is 0 Å². The summed E-state index contributed by atoms with van der Waals surface area (Å²) in [5, 5.41) is 12.6. The van der Waals surface area contributed by atoms with Gasteiger partial charge >= 0.3 is 0 Å². The fourth-order valence-electron chi connectivity index (χ4n) is 2.12. The highest BCUT2D eigenvalue weighted by molar-refractivity contribution is 5.78. The quantitative estimate of drug-likeness (QED) is 0.625. The molecule has 2 heterocycles. The second-order valence-electron chi connectivity index (χ2n) is 4.58. The molecule has 1 fully saturated rings. The van der Waals surface area contributed by atoms with Gasteiger partial charge in [-0.15, -0.1) is 5.10 Å². The van der Waals surface area contributed by atoms with Gasteiger partial charge in [0.05, 0.1) is 13.1 Å². The van der Waals surface area contributed by atoms with E-state index in [0.717, 1.165) is 13.1 Å². The molecule has 1 aliphatic rings. The number of aliphatic imine (C=N–C) groups is 1. The monoisotopic (exact) mass is 261 g/mol. The first-order chi connectivity index (χ1) is 9.29. The van der Waals surface area contributed by atoms with Gasteiger partial charge in [-0.05, 0) is 12.8 Å². The number of nitrogens with two attached hydrogens (primary N) is 1. The van der Waals surface area contributed by atoms with Crippen LogP contribution in [0.1, 0.15) is 31.5 Å². The number of likely N-dealkylation sites (tertiary alicyclic amines) is 1. The van der Waals surface area contributed by atoms with E-state index >= 15 is 0 Å². The predicted molar refractivity (Wildman–Crippen MR) is 71.3 cm³/mol. The van der Waals surface area contributed by atoms with Crippen molar-refractivity contribution in [2.45, 2.75) is 32.2 Å². The van der Waals surface area contributed by atoms with Crippen molar-refractivity contribution in [1.29, 1.82) is 5.26 Å². The number of nitrogens with zero attached hydrogens (tertiary/aromatic N) is 6. The summed E-state index contributed by atoms with van der Waals surface area (Å²) in [5.41, 5.74) is 5.99. The summed E-state index contributed by atoms with van der Waals surface area (Å²) in [4.78, 5) is 10.4. The third-order valence-corrected chi connectivity index (χ3v) is 3.17. The van der Waals surface area contributed by atoms with Crippen LogP contribution in [0.4, 0.5) is 0 Å². The molecular formula is C12H19N7. The van der Waals surface area contributed by atoms with Crippen molar-refractivity contribution in [3.63, 3.8) is 0 Å². The Bertz CT molecular complexity index is 463. The lowest BCUT2D eigenvalue weighted by atomic mass is 10.2. The van der Waals surface area contributed by atoms with E-state index in [1.54, 1.807) is 4.68 Å². The summed E-state index contributed by atoms with van der Waals surface area (Å²) in [5.74, 6) is 0.798. The molecule has 0 aliphatic carbocycles. The van der Waals surface area contributed by atoms with E-state index in [1.807, 2.05) is 6.07 Å². The summed E-state index contributed by atoms with van der Waals surface area (Å²) < 4.78 is 1.61. The molecule has 7 heteroatoms. The van der Waals surface area contributed by atoms with E-state index in [1.165, 1.54) is 32.0 Å². The molecule has 2 N–H and O–H groups in total. The Morgan fingerprint density at radius 3 is 2.74 bits per heavy atom. The van der Waals surface area contributed by atoms with E-state index in [4.69, 9.17) is 11.0 Å². The lowest BCUT2D eigenvalue weighted by molar-refractivity contribution is 0.427. The van der Waals surface area contributed by atoms with E-state index in [0.29, 0.717) is 19.0 Å². The highest BCUT2D eigenvalue weighted by Crippen LogP contribution is 2.08. The maximum Gasteiger partial charge on any atom is 0.252 e. The van der Waals surface area contributed by atoms with Crippen LogP contribution in [-0.2, 0) is 6.54 Å². The standard InChI is InChI=1S/C12H19N7/c13-9-11-16-10-19(17-11)8-5-15-12(14)18-6-3-1-2-4-7-18/h10H,1-8H2,(H2,14,15). The van der Waals surface area contributed by atoms with E-state index in [9.17, 15) is 0 Å². The number of nitriles is 1. The molecule has 0 bridgehead atoms. The number of aromatic nitrogens is 3. The Kier molecular flexibility index (Phi) is 4.72. The SMILES string of the molecule is N#Cc1ncn(CCN=C(N)N2CCCCCC2)n1. The van der Waals surface area contributed by atoms with Gasteiger partial charge < -0.3 is 10.6 Å². The predicted octanol–water partition coefficient (Wildman–Crippen LogP) is 0.340. The summed E-state index contributed by atoms with van der Waals surface area (Å²) in [6.45, 7) is 3.13. The molecule has 0 amide bonds. The second-order valence-corrected chi connectivity index (χ2v) is 4.58. The van der Waals surface area contributed by atoms with Crippen LogP contribution < -0.4 is 5.73 Å². The lowest BCUT2D eigenvalue weighted by Crippen LogP contribution is -2.38. The Hall–Kier alpha value is -2.10. The highest BCUT2D eigenvalue weighted by Gasteiger charge is 2.10. The van der Waals surface area contributed by atoms with Crippen molar-refractivity contribution < 1.29 is 0 Å². The van der Waals surface area contributed by atoms with Crippen LogP contribution in [0.2, 0.25) is 0 Å². The smallest absolute Gasteiger partial charge is 0.252 e. The molecule has 0 spiro atoms. The van der Waals surface area contributed by atoms with Gasteiger partial charge in [0.2, 0.25) is 0 Å². The summed E-state index contributed by atoms with van der Waals surface area (Å²) in [6.07, 6.45) is 6.46. The molecule has 0 saturated carbocycles. The Morgan fingerprint density at radius 2 is 2.11 bits per heavy atom.